The van der Waals surface area contributed by atoms with Crippen molar-refractivity contribution in [1.82, 2.24) is 0 Å². The zero-order valence-electron chi connectivity index (χ0n) is 7.00. The highest BCUT2D eigenvalue weighted by molar-refractivity contribution is 5.61. The van der Waals surface area contributed by atoms with Crippen molar-refractivity contribution >= 4 is 6.29 Å². The van der Waals surface area contributed by atoms with E-state index in [4.69, 9.17) is 0 Å². The van der Waals surface area contributed by atoms with E-state index in [1.807, 2.05) is 6.92 Å². The van der Waals surface area contributed by atoms with Gasteiger partial charge in [-0.2, -0.15) is 0 Å². The van der Waals surface area contributed by atoms with Crippen LogP contribution in [0.2, 0.25) is 0 Å². The summed E-state index contributed by atoms with van der Waals surface area (Å²) in [7, 11) is 0. The Balaban J connectivity index is 2.82. The van der Waals surface area contributed by atoms with Crippen molar-refractivity contribution in [3.8, 4) is 0 Å². The first kappa shape index (κ1) is 8.47. The number of carbonyl (C=O) groups is 1. The van der Waals surface area contributed by atoms with Gasteiger partial charge in [0.25, 0.3) is 0 Å². The molecule has 0 fully saturated rings. The van der Waals surface area contributed by atoms with Gasteiger partial charge in [0.05, 0.1) is 11.5 Å². The summed E-state index contributed by atoms with van der Waals surface area (Å²) in [5.74, 6) is 0. The zero-order chi connectivity index (χ0) is 8.48. The molecule has 0 amide bonds. The van der Waals surface area contributed by atoms with E-state index in [2.05, 4.69) is 0 Å². The number of aliphatic hydroxyl groups excluding tert-OH is 1. The normalized spacial score (nSPS) is 38.1. The van der Waals surface area contributed by atoms with E-state index in [-0.39, 0.29) is 0 Å². The Morgan fingerprint density at radius 3 is 2.91 bits per heavy atom. The van der Waals surface area contributed by atoms with E-state index < -0.39 is 11.5 Å². The van der Waals surface area contributed by atoms with Crippen LogP contribution in [0.1, 0.15) is 26.7 Å². The van der Waals surface area contributed by atoms with Gasteiger partial charge in [-0.25, -0.2) is 0 Å². The summed E-state index contributed by atoms with van der Waals surface area (Å²) < 4.78 is 0. The third-order valence-corrected chi connectivity index (χ3v) is 2.45. The summed E-state index contributed by atoms with van der Waals surface area (Å²) in [5.41, 5.74) is 0.635. The lowest BCUT2D eigenvalue weighted by atomic mass is 9.76. The number of carbonyl (C=O) groups excluding carboxylic acids is 1. The molecule has 2 heteroatoms. The topological polar surface area (TPSA) is 37.3 Å². The van der Waals surface area contributed by atoms with Crippen molar-refractivity contribution in [2.75, 3.05) is 0 Å². The molecule has 2 atom stereocenters. The standard InChI is InChI=1S/C9H14O2/c1-7-3-4-9(2,6-10)8(11)5-7/h5-6,8,11H,3-4H2,1-2H3. The SMILES string of the molecule is CC1=CC(O)C(C)(C=O)CC1. The summed E-state index contributed by atoms with van der Waals surface area (Å²) in [4.78, 5) is 10.6. The first-order chi connectivity index (χ1) is 5.08. The van der Waals surface area contributed by atoms with Gasteiger partial charge in [-0.3, -0.25) is 0 Å². The lowest BCUT2D eigenvalue weighted by molar-refractivity contribution is -0.120. The maximum Gasteiger partial charge on any atom is 0.128 e. The molecule has 11 heavy (non-hydrogen) atoms. The molecule has 62 valence electrons. The Bertz CT molecular complexity index is 196. The molecule has 0 aliphatic heterocycles. The Morgan fingerprint density at radius 2 is 2.45 bits per heavy atom. The van der Waals surface area contributed by atoms with Crippen LogP contribution >= 0.6 is 0 Å². The fourth-order valence-corrected chi connectivity index (χ4v) is 1.29. The van der Waals surface area contributed by atoms with E-state index in [0.717, 1.165) is 19.1 Å². The van der Waals surface area contributed by atoms with Crippen LogP contribution < -0.4 is 0 Å². The largest absolute Gasteiger partial charge is 0.388 e. The minimum atomic E-state index is -0.589. The van der Waals surface area contributed by atoms with Gasteiger partial charge in [-0.1, -0.05) is 18.6 Å². The van der Waals surface area contributed by atoms with E-state index in [1.54, 1.807) is 13.0 Å². The average Bonchev–Trinajstić information content (AvgIpc) is 1.98. The molecule has 2 nitrogen and oxygen atoms in total. The highest BCUT2D eigenvalue weighted by atomic mass is 16.3. The van der Waals surface area contributed by atoms with Gasteiger partial charge in [0, 0.05) is 0 Å². The molecule has 1 rings (SSSR count). The molecule has 0 aromatic rings. The number of hydrogen-bond donors (Lipinski definition) is 1. The minimum absolute atomic E-state index is 0.542. The second kappa shape index (κ2) is 2.78. The van der Waals surface area contributed by atoms with Crippen molar-refractivity contribution in [1.29, 1.82) is 0 Å². The smallest absolute Gasteiger partial charge is 0.128 e. The number of rotatable bonds is 1. The van der Waals surface area contributed by atoms with Gasteiger partial charge < -0.3 is 9.90 Å². The lowest BCUT2D eigenvalue weighted by Crippen LogP contribution is -2.35. The van der Waals surface area contributed by atoms with E-state index in [9.17, 15) is 9.90 Å². The Hall–Kier alpha value is -0.630. The third-order valence-electron chi connectivity index (χ3n) is 2.45. The van der Waals surface area contributed by atoms with Crippen LogP contribution in [-0.4, -0.2) is 17.5 Å². The van der Waals surface area contributed by atoms with Crippen LogP contribution in [-0.2, 0) is 4.79 Å². The lowest BCUT2D eigenvalue weighted by Gasteiger charge is -2.31. The van der Waals surface area contributed by atoms with Crippen molar-refractivity contribution in [2.24, 2.45) is 5.41 Å². The van der Waals surface area contributed by atoms with Crippen LogP contribution in [0.5, 0.6) is 0 Å². The van der Waals surface area contributed by atoms with E-state index >= 15 is 0 Å². The van der Waals surface area contributed by atoms with Crippen LogP contribution in [0.4, 0.5) is 0 Å². The molecule has 0 aromatic heterocycles. The van der Waals surface area contributed by atoms with Crippen molar-refractivity contribution in [3.63, 3.8) is 0 Å². The summed E-state index contributed by atoms with van der Waals surface area (Å²) >= 11 is 0. The maximum absolute atomic E-state index is 10.6. The molecular formula is C9H14O2. The van der Waals surface area contributed by atoms with Crippen LogP contribution in [0.15, 0.2) is 11.6 Å². The van der Waals surface area contributed by atoms with Gasteiger partial charge in [-0.15, -0.1) is 0 Å². The predicted octanol–water partition coefficient (Wildman–Crippen LogP) is 1.29. The molecule has 1 N–H and O–H groups in total. The summed E-state index contributed by atoms with van der Waals surface area (Å²) in [6, 6.07) is 0. The van der Waals surface area contributed by atoms with E-state index in [1.165, 1.54) is 5.57 Å². The molecular weight excluding hydrogens is 140 g/mol. The first-order valence-corrected chi connectivity index (χ1v) is 3.90. The second-order valence-electron chi connectivity index (χ2n) is 3.58. The Kier molecular flexibility index (Phi) is 2.14. The molecule has 0 saturated carbocycles. The van der Waals surface area contributed by atoms with Gasteiger partial charge in [0.15, 0.2) is 0 Å². The quantitative estimate of drug-likeness (QED) is 0.456. The highest BCUT2D eigenvalue weighted by Crippen LogP contribution is 2.32. The molecule has 0 saturated heterocycles. The predicted molar refractivity (Wildman–Crippen MR) is 43.2 cm³/mol. The van der Waals surface area contributed by atoms with Crippen LogP contribution in [0.25, 0.3) is 0 Å². The average molecular weight is 154 g/mol. The summed E-state index contributed by atoms with van der Waals surface area (Å²) in [6.07, 6.45) is 3.74. The van der Waals surface area contributed by atoms with Gasteiger partial charge in [0.1, 0.15) is 6.29 Å². The molecule has 0 bridgehead atoms. The van der Waals surface area contributed by atoms with Gasteiger partial charge >= 0.3 is 0 Å². The summed E-state index contributed by atoms with van der Waals surface area (Å²) in [6.45, 7) is 3.78. The fourth-order valence-electron chi connectivity index (χ4n) is 1.29. The monoisotopic (exact) mass is 154 g/mol. The fraction of sp³-hybridized carbons (Fsp3) is 0.667. The van der Waals surface area contributed by atoms with E-state index in [0.29, 0.717) is 0 Å². The zero-order valence-corrected chi connectivity index (χ0v) is 7.00. The molecule has 2 unspecified atom stereocenters. The molecule has 0 spiro atoms. The van der Waals surface area contributed by atoms with Crippen molar-refractivity contribution in [3.05, 3.63) is 11.6 Å². The summed E-state index contributed by atoms with van der Waals surface area (Å²) in [5, 5.41) is 9.49. The number of aliphatic hydroxyl groups is 1. The molecule has 0 radical (unpaired) electrons. The second-order valence-corrected chi connectivity index (χ2v) is 3.58. The molecule has 0 aromatic carbocycles. The van der Waals surface area contributed by atoms with Crippen LogP contribution in [0, 0.1) is 5.41 Å². The van der Waals surface area contributed by atoms with Crippen molar-refractivity contribution in [2.45, 2.75) is 32.8 Å². The Labute approximate surface area is 66.9 Å². The first-order valence-electron chi connectivity index (χ1n) is 3.90. The van der Waals surface area contributed by atoms with Crippen LogP contribution in [0.3, 0.4) is 0 Å². The molecule has 0 heterocycles. The molecule has 1 aliphatic carbocycles. The molecule has 1 aliphatic rings. The van der Waals surface area contributed by atoms with Gasteiger partial charge in [0.2, 0.25) is 0 Å². The number of hydrogen-bond acceptors (Lipinski definition) is 2. The maximum atomic E-state index is 10.6. The Morgan fingerprint density at radius 1 is 1.82 bits per heavy atom. The van der Waals surface area contributed by atoms with Crippen molar-refractivity contribution < 1.29 is 9.90 Å². The highest BCUT2D eigenvalue weighted by Gasteiger charge is 2.33. The number of aldehydes is 1. The minimum Gasteiger partial charge on any atom is -0.388 e. The number of allylic oxidation sites excluding steroid dienone is 1. The van der Waals surface area contributed by atoms with Gasteiger partial charge in [-0.05, 0) is 19.8 Å². The third kappa shape index (κ3) is 1.51.